The second kappa shape index (κ2) is 7.67. The van der Waals surface area contributed by atoms with Gasteiger partial charge >= 0.3 is 0 Å². The minimum atomic E-state index is 0.517. The lowest BCUT2D eigenvalue weighted by Gasteiger charge is -2.12. The van der Waals surface area contributed by atoms with Gasteiger partial charge in [0.05, 0.1) is 5.02 Å². The summed E-state index contributed by atoms with van der Waals surface area (Å²) in [6, 6.07) is 13.9. The van der Waals surface area contributed by atoms with Crippen molar-refractivity contribution in [2.45, 2.75) is 20.1 Å². The predicted molar refractivity (Wildman–Crippen MR) is 87.3 cm³/mol. The molecule has 106 valence electrons. The minimum Gasteiger partial charge on any atom is -0.487 e. The van der Waals surface area contributed by atoms with Crippen molar-refractivity contribution in [1.29, 1.82) is 0 Å². The van der Waals surface area contributed by atoms with Crippen LogP contribution in [0.25, 0.3) is 0 Å². The van der Waals surface area contributed by atoms with E-state index in [0.717, 1.165) is 17.6 Å². The molecule has 2 rings (SSSR count). The summed E-state index contributed by atoms with van der Waals surface area (Å²) >= 11 is 9.54. The Kier molecular flexibility index (Phi) is 5.89. The monoisotopic (exact) mass is 353 g/mol. The van der Waals surface area contributed by atoms with Crippen LogP contribution in [0.3, 0.4) is 0 Å². The number of nitrogens with one attached hydrogen (secondary N) is 1. The van der Waals surface area contributed by atoms with E-state index in [-0.39, 0.29) is 0 Å². The van der Waals surface area contributed by atoms with Crippen molar-refractivity contribution < 1.29 is 4.74 Å². The van der Waals surface area contributed by atoms with Crippen LogP contribution in [0, 0.1) is 0 Å². The van der Waals surface area contributed by atoms with Crippen LogP contribution < -0.4 is 10.1 Å². The molecule has 0 amide bonds. The molecule has 0 aromatic heterocycles. The van der Waals surface area contributed by atoms with Crippen molar-refractivity contribution in [1.82, 2.24) is 5.32 Å². The first-order valence-corrected chi connectivity index (χ1v) is 7.73. The summed E-state index contributed by atoms with van der Waals surface area (Å²) in [5, 5.41) is 3.95. The molecule has 0 fully saturated rings. The third-order valence-electron chi connectivity index (χ3n) is 2.96. The maximum absolute atomic E-state index is 6.15. The number of halogens is 2. The van der Waals surface area contributed by atoms with Crippen LogP contribution in [0.4, 0.5) is 0 Å². The van der Waals surface area contributed by atoms with Crippen molar-refractivity contribution in [2.75, 3.05) is 6.54 Å². The summed E-state index contributed by atoms with van der Waals surface area (Å²) in [6.07, 6.45) is 0. The van der Waals surface area contributed by atoms with Gasteiger partial charge in [-0.25, -0.2) is 0 Å². The molecule has 4 heteroatoms. The lowest BCUT2D eigenvalue weighted by molar-refractivity contribution is 0.305. The topological polar surface area (TPSA) is 21.3 Å². The summed E-state index contributed by atoms with van der Waals surface area (Å²) in [6.45, 7) is 4.42. The molecule has 0 heterocycles. The van der Waals surface area contributed by atoms with Crippen LogP contribution in [-0.4, -0.2) is 6.54 Å². The lowest BCUT2D eigenvalue weighted by atomic mass is 10.1. The molecular formula is C16H17BrClNO. The first-order chi connectivity index (χ1) is 9.70. The Morgan fingerprint density at radius 2 is 1.90 bits per heavy atom. The van der Waals surface area contributed by atoms with Crippen LogP contribution in [0.1, 0.15) is 18.1 Å². The van der Waals surface area contributed by atoms with Gasteiger partial charge in [-0.3, -0.25) is 0 Å². The van der Waals surface area contributed by atoms with Crippen LogP contribution in [0.15, 0.2) is 46.9 Å². The molecule has 0 unspecified atom stereocenters. The molecule has 2 nitrogen and oxygen atoms in total. The van der Waals surface area contributed by atoms with E-state index in [1.54, 1.807) is 0 Å². The lowest BCUT2D eigenvalue weighted by Crippen LogP contribution is -2.14. The Labute approximate surface area is 133 Å². The normalized spacial score (nSPS) is 10.6. The van der Waals surface area contributed by atoms with Gasteiger partial charge in [-0.2, -0.15) is 0 Å². The average molecular weight is 355 g/mol. The van der Waals surface area contributed by atoms with Crippen molar-refractivity contribution >= 4 is 27.5 Å². The van der Waals surface area contributed by atoms with Gasteiger partial charge in [-0.1, -0.05) is 58.7 Å². The van der Waals surface area contributed by atoms with Crippen molar-refractivity contribution in [3.63, 3.8) is 0 Å². The van der Waals surface area contributed by atoms with Gasteiger partial charge in [-0.05, 0) is 35.9 Å². The summed E-state index contributed by atoms with van der Waals surface area (Å²) in [4.78, 5) is 0. The molecule has 0 radical (unpaired) electrons. The van der Waals surface area contributed by atoms with Crippen molar-refractivity contribution in [2.24, 2.45) is 0 Å². The summed E-state index contributed by atoms with van der Waals surface area (Å²) in [7, 11) is 0. The molecule has 0 aliphatic rings. The van der Waals surface area contributed by atoms with Gasteiger partial charge in [0.2, 0.25) is 0 Å². The standard InChI is InChI=1S/C16H17BrClNO/c1-2-19-10-12-5-3-4-6-13(12)11-20-16-8-7-14(17)9-15(16)18/h3-9,19H,2,10-11H2,1H3. The third kappa shape index (κ3) is 4.23. The molecular weight excluding hydrogens is 338 g/mol. The largest absolute Gasteiger partial charge is 0.487 e. The summed E-state index contributed by atoms with van der Waals surface area (Å²) in [5.74, 6) is 0.702. The Morgan fingerprint density at radius 3 is 2.60 bits per heavy atom. The van der Waals surface area contributed by atoms with E-state index in [0.29, 0.717) is 17.4 Å². The maximum atomic E-state index is 6.15. The zero-order valence-corrected chi connectivity index (χ0v) is 13.7. The molecule has 0 saturated carbocycles. The van der Waals surface area contributed by atoms with Gasteiger partial charge in [0.15, 0.2) is 0 Å². The first kappa shape index (κ1) is 15.4. The van der Waals surface area contributed by atoms with E-state index < -0.39 is 0 Å². The second-order valence-electron chi connectivity index (χ2n) is 4.41. The highest BCUT2D eigenvalue weighted by Gasteiger charge is 2.05. The number of benzene rings is 2. The predicted octanol–water partition coefficient (Wildman–Crippen LogP) is 4.79. The number of rotatable bonds is 6. The van der Waals surface area contributed by atoms with E-state index in [9.17, 15) is 0 Å². The molecule has 0 aliphatic carbocycles. The molecule has 2 aromatic carbocycles. The van der Waals surface area contributed by atoms with Gasteiger partial charge in [0.25, 0.3) is 0 Å². The number of ether oxygens (including phenoxy) is 1. The Hall–Kier alpha value is -1.03. The van der Waals surface area contributed by atoms with Gasteiger partial charge < -0.3 is 10.1 Å². The molecule has 0 bridgehead atoms. The van der Waals surface area contributed by atoms with E-state index in [1.165, 1.54) is 11.1 Å². The SMILES string of the molecule is CCNCc1ccccc1COc1ccc(Br)cc1Cl. The van der Waals surface area contributed by atoms with Gasteiger partial charge in [0.1, 0.15) is 12.4 Å². The highest BCUT2D eigenvalue weighted by Crippen LogP contribution is 2.28. The highest BCUT2D eigenvalue weighted by molar-refractivity contribution is 9.10. The molecule has 0 saturated heterocycles. The Balaban J connectivity index is 2.06. The fourth-order valence-electron chi connectivity index (χ4n) is 1.88. The zero-order valence-electron chi connectivity index (χ0n) is 11.3. The van der Waals surface area contributed by atoms with E-state index in [1.807, 2.05) is 30.3 Å². The van der Waals surface area contributed by atoms with Crippen LogP contribution in [-0.2, 0) is 13.2 Å². The molecule has 1 N–H and O–H groups in total. The van der Waals surface area contributed by atoms with Crippen molar-refractivity contribution in [3.05, 3.63) is 63.1 Å². The van der Waals surface area contributed by atoms with E-state index >= 15 is 0 Å². The summed E-state index contributed by atoms with van der Waals surface area (Å²) in [5.41, 5.74) is 2.43. The summed E-state index contributed by atoms with van der Waals surface area (Å²) < 4.78 is 6.76. The fraction of sp³-hybridized carbons (Fsp3) is 0.250. The fourth-order valence-corrected chi connectivity index (χ4v) is 2.61. The smallest absolute Gasteiger partial charge is 0.138 e. The molecule has 0 spiro atoms. The Morgan fingerprint density at radius 1 is 1.15 bits per heavy atom. The first-order valence-electron chi connectivity index (χ1n) is 6.56. The van der Waals surface area contributed by atoms with Gasteiger partial charge in [-0.15, -0.1) is 0 Å². The van der Waals surface area contributed by atoms with E-state index in [2.05, 4.69) is 40.3 Å². The van der Waals surface area contributed by atoms with Crippen LogP contribution in [0.2, 0.25) is 5.02 Å². The van der Waals surface area contributed by atoms with Crippen LogP contribution >= 0.6 is 27.5 Å². The average Bonchev–Trinajstić information content (AvgIpc) is 2.45. The second-order valence-corrected chi connectivity index (χ2v) is 5.74. The zero-order chi connectivity index (χ0) is 14.4. The molecule has 20 heavy (non-hydrogen) atoms. The van der Waals surface area contributed by atoms with Crippen molar-refractivity contribution in [3.8, 4) is 5.75 Å². The number of hydrogen-bond donors (Lipinski definition) is 1. The molecule has 2 aromatic rings. The van der Waals surface area contributed by atoms with Gasteiger partial charge in [0, 0.05) is 11.0 Å². The molecule has 0 aliphatic heterocycles. The Bertz CT molecular complexity index is 574. The highest BCUT2D eigenvalue weighted by atomic mass is 79.9. The van der Waals surface area contributed by atoms with E-state index in [4.69, 9.17) is 16.3 Å². The minimum absolute atomic E-state index is 0.517. The maximum Gasteiger partial charge on any atom is 0.138 e. The number of hydrogen-bond acceptors (Lipinski definition) is 2. The third-order valence-corrected chi connectivity index (χ3v) is 3.75. The molecule has 0 atom stereocenters. The van der Waals surface area contributed by atoms with Crippen LogP contribution in [0.5, 0.6) is 5.75 Å². The quantitative estimate of drug-likeness (QED) is 0.805.